The highest BCUT2D eigenvalue weighted by atomic mass is 19.4. The first-order valence-electron chi connectivity index (χ1n) is 11.6. The molecule has 3 aromatic rings. The van der Waals surface area contributed by atoms with Crippen molar-refractivity contribution in [2.24, 2.45) is 5.73 Å². The third-order valence-corrected chi connectivity index (χ3v) is 5.42. The minimum Gasteiger partial charge on any atom is -0.475 e. The highest BCUT2D eigenvalue weighted by Gasteiger charge is 2.39. The van der Waals surface area contributed by atoms with Gasteiger partial charge in [-0.25, -0.2) is 32.5 Å². The molecule has 22 heteroatoms. The third kappa shape index (κ3) is 10.9. The zero-order valence-electron chi connectivity index (χ0n) is 22.2. The summed E-state index contributed by atoms with van der Waals surface area (Å²) in [6.07, 6.45) is -11.6. The van der Waals surface area contributed by atoms with E-state index >= 15 is 0 Å². The van der Waals surface area contributed by atoms with Crippen molar-refractivity contribution in [3.63, 3.8) is 0 Å². The van der Waals surface area contributed by atoms with Crippen molar-refractivity contribution >= 4 is 35.0 Å². The Kier molecular flexibility index (Phi) is 12.7. The Hall–Kier alpha value is -4.89. The van der Waals surface area contributed by atoms with Gasteiger partial charge in [-0.2, -0.15) is 39.5 Å². The number of rotatable bonds is 2. The number of hydrogen-bond acceptors (Lipinski definition) is 6. The van der Waals surface area contributed by atoms with E-state index in [1.165, 1.54) is 0 Å². The van der Waals surface area contributed by atoms with Crippen LogP contribution in [0.4, 0.5) is 52.7 Å². The summed E-state index contributed by atoms with van der Waals surface area (Å²) in [5.74, 6) is -11.1. The average molecular weight is 686 g/mol. The smallest absolute Gasteiger partial charge is 0.475 e. The number of imidazole rings is 1. The van der Waals surface area contributed by atoms with Crippen LogP contribution in [0.5, 0.6) is 0 Å². The molecule has 0 fully saturated rings. The summed E-state index contributed by atoms with van der Waals surface area (Å²) in [6.45, 7) is 4.10. The van der Waals surface area contributed by atoms with E-state index in [0.717, 1.165) is 17.3 Å². The van der Waals surface area contributed by atoms with Crippen LogP contribution in [0, 0.1) is 17.5 Å². The van der Waals surface area contributed by atoms with Crippen LogP contribution in [0.15, 0.2) is 31.0 Å². The largest absolute Gasteiger partial charge is 0.490 e. The number of aliphatic carboxylic acids is 3. The van der Waals surface area contributed by atoms with Gasteiger partial charge in [-0.05, 0) is 23.8 Å². The van der Waals surface area contributed by atoms with Crippen LogP contribution >= 0.6 is 0 Å². The van der Waals surface area contributed by atoms with Gasteiger partial charge < -0.3 is 25.6 Å². The highest BCUT2D eigenvalue weighted by Crippen LogP contribution is 2.33. The highest BCUT2D eigenvalue weighted by molar-refractivity contribution is 5.77. The number of benzene rings is 1. The summed E-state index contributed by atoms with van der Waals surface area (Å²) >= 11 is 0. The molecule has 1 aliphatic heterocycles. The van der Waals surface area contributed by atoms with E-state index < -0.39 is 65.8 Å². The third-order valence-electron chi connectivity index (χ3n) is 5.42. The molecule has 46 heavy (non-hydrogen) atoms. The lowest BCUT2D eigenvalue weighted by molar-refractivity contribution is -0.193. The summed E-state index contributed by atoms with van der Waals surface area (Å²) < 4.78 is 138. The molecule has 2 aromatic heterocycles. The number of nitrogens with two attached hydrogens (primary N) is 1. The van der Waals surface area contributed by atoms with Crippen LogP contribution in [0.3, 0.4) is 0 Å². The van der Waals surface area contributed by atoms with Gasteiger partial charge in [0.05, 0.1) is 17.4 Å². The average Bonchev–Trinajstić information content (AvgIpc) is 3.26. The summed E-state index contributed by atoms with van der Waals surface area (Å²) in [4.78, 5) is 35.4. The van der Waals surface area contributed by atoms with E-state index in [9.17, 15) is 52.7 Å². The zero-order valence-corrected chi connectivity index (χ0v) is 22.2. The molecular weight excluding hydrogens is 668 g/mol. The molecule has 2 atom stereocenters. The number of carbonyl (C=O) groups is 3. The minimum atomic E-state index is -5.08. The molecule has 0 spiro atoms. The Morgan fingerprint density at radius 1 is 0.826 bits per heavy atom. The molecule has 254 valence electrons. The molecule has 5 N–H and O–H groups in total. The van der Waals surface area contributed by atoms with Crippen molar-refractivity contribution in [2.75, 3.05) is 0 Å². The number of alkyl halides is 9. The maximum absolute atomic E-state index is 14.2. The maximum Gasteiger partial charge on any atom is 0.490 e. The van der Waals surface area contributed by atoms with Gasteiger partial charge in [0.25, 0.3) is 0 Å². The minimum absolute atomic E-state index is 0.0783. The first-order chi connectivity index (χ1) is 20.8. The van der Waals surface area contributed by atoms with Crippen molar-refractivity contribution in [1.82, 2.24) is 14.5 Å². The van der Waals surface area contributed by atoms with Crippen molar-refractivity contribution < 1.29 is 82.4 Å². The van der Waals surface area contributed by atoms with Gasteiger partial charge in [0.1, 0.15) is 17.2 Å². The topological polar surface area (TPSA) is 169 Å². The van der Waals surface area contributed by atoms with E-state index in [0.29, 0.717) is 30.4 Å². The lowest BCUT2D eigenvalue weighted by Crippen LogP contribution is -2.39. The first kappa shape index (κ1) is 39.1. The van der Waals surface area contributed by atoms with Crippen LogP contribution in [0.25, 0.3) is 17.1 Å². The molecule has 0 bridgehead atoms. The molecule has 0 saturated heterocycles. The second kappa shape index (κ2) is 14.9. The number of pyridine rings is 1. The van der Waals surface area contributed by atoms with Crippen molar-refractivity contribution in [3.05, 3.63) is 65.5 Å². The number of nitrogens with zero attached hydrogens (tertiary/aromatic N) is 3. The number of aromatic nitrogens is 3. The number of hydrogen-bond donors (Lipinski definition) is 4. The first-order valence-corrected chi connectivity index (χ1v) is 11.6. The van der Waals surface area contributed by atoms with Gasteiger partial charge in [0.2, 0.25) is 0 Å². The zero-order chi connectivity index (χ0) is 35.9. The number of carboxylic acids is 3. The van der Waals surface area contributed by atoms with Crippen LogP contribution in [0.1, 0.15) is 23.0 Å². The predicted molar refractivity (Wildman–Crippen MR) is 129 cm³/mol. The van der Waals surface area contributed by atoms with Gasteiger partial charge in [-0.1, -0.05) is 6.58 Å². The molecule has 1 aliphatic rings. The van der Waals surface area contributed by atoms with Crippen LogP contribution in [0.2, 0.25) is 0 Å². The van der Waals surface area contributed by atoms with Gasteiger partial charge in [0.15, 0.2) is 11.6 Å². The van der Waals surface area contributed by atoms with E-state index in [1.54, 1.807) is 12.3 Å². The number of carboxylic acid groups (broad SMARTS) is 3. The fourth-order valence-electron chi connectivity index (χ4n) is 3.41. The van der Waals surface area contributed by atoms with Crippen LogP contribution < -0.4 is 5.73 Å². The van der Waals surface area contributed by atoms with E-state index in [2.05, 4.69) is 16.5 Å². The molecule has 0 unspecified atom stereocenters. The molecule has 0 saturated carbocycles. The molecule has 0 amide bonds. The molecule has 0 aliphatic carbocycles. The Bertz CT molecular complexity index is 1530. The molecular formula is C24H18F12N4O6. The second-order valence-corrected chi connectivity index (χ2v) is 8.61. The molecule has 3 heterocycles. The summed E-state index contributed by atoms with van der Waals surface area (Å²) in [5, 5.41) is 21.4. The van der Waals surface area contributed by atoms with E-state index in [1.807, 2.05) is 10.6 Å². The number of halogens is 12. The van der Waals surface area contributed by atoms with E-state index in [4.69, 9.17) is 35.4 Å². The lowest BCUT2D eigenvalue weighted by Gasteiger charge is -2.30. The van der Waals surface area contributed by atoms with Crippen LogP contribution in [-0.4, -0.2) is 72.3 Å². The van der Waals surface area contributed by atoms with Crippen molar-refractivity contribution in [3.8, 4) is 0 Å². The normalized spacial score (nSPS) is 15.9. The fourth-order valence-corrected chi connectivity index (χ4v) is 3.41. The monoisotopic (exact) mass is 686 g/mol. The lowest BCUT2D eigenvalue weighted by atomic mass is 9.86. The SMILES string of the molecule is C=Cc1cc2c(cn1)nc1n2C[C@H](N)[C@@H](c2cc(F)c(F)cc2F)C1.O=C(O)C(F)(F)F.O=C(O)C(F)(F)F.O=C(O)C(F)(F)F. The van der Waals surface area contributed by atoms with Gasteiger partial charge >= 0.3 is 36.4 Å². The molecule has 1 aromatic carbocycles. The van der Waals surface area contributed by atoms with Crippen molar-refractivity contribution in [2.45, 2.75) is 43.5 Å². The Balaban J connectivity index is 0.000000413. The van der Waals surface area contributed by atoms with Crippen LogP contribution in [-0.2, 0) is 27.3 Å². The van der Waals surface area contributed by atoms with E-state index in [-0.39, 0.29) is 5.56 Å². The second-order valence-electron chi connectivity index (χ2n) is 8.61. The Labute approximate surface area is 247 Å². The summed E-state index contributed by atoms with van der Waals surface area (Å²) in [7, 11) is 0. The van der Waals surface area contributed by atoms with Gasteiger partial charge in [0, 0.05) is 31.0 Å². The molecule has 10 nitrogen and oxygen atoms in total. The standard InChI is InChI=1S/C18H15F3N4.3C2HF3O2/c1-2-9-3-17-16(7-23-9)24-18-5-11(15(22)8-25(17)18)10-4-13(20)14(21)6-12(10)19;3*3-2(4,5)1(6)7/h2-4,6-7,11,15H,1,5,8,22H2;3*(H,6,7)/t11-,15+;;;/m1.../s1. The molecule has 0 radical (unpaired) electrons. The predicted octanol–water partition coefficient (Wildman–Crippen LogP) is 5.06. The Morgan fingerprint density at radius 3 is 1.67 bits per heavy atom. The Morgan fingerprint density at radius 2 is 1.26 bits per heavy atom. The van der Waals surface area contributed by atoms with Gasteiger partial charge in [-0.15, -0.1) is 0 Å². The maximum atomic E-state index is 14.2. The fraction of sp³-hybridized carbons (Fsp3) is 0.292. The number of fused-ring (bicyclic) bond motifs is 3. The summed E-state index contributed by atoms with van der Waals surface area (Å²) in [5.41, 5.74) is 8.62. The van der Waals surface area contributed by atoms with Crippen molar-refractivity contribution in [1.29, 1.82) is 0 Å². The molecule has 4 rings (SSSR count). The quantitative estimate of drug-likeness (QED) is 0.213. The van der Waals surface area contributed by atoms with Gasteiger partial charge in [-0.3, -0.25) is 4.98 Å². The summed E-state index contributed by atoms with van der Waals surface area (Å²) in [6, 6.07) is 2.87.